The molecule has 0 aliphatic heterocycles. The molecule has 0 aromatic rings. The molecule has 1 aliphatic rings. The van der Waals surface area contributed by atoms with Gasteiger partial charge in [0.15, 0.2) is 5.79 Å². The van der Waals surface area contributed by atoms with Crippen LogP contribution >= 0.6 is 0 Å². The average molecular weight is 157 g/mol. The number of allylic oxidation sites excluding steroid dienone is 2. The molecule has 0 amide bonds. The van der Waals surface area contributed by atoms with Gasteiger partial charge in [0.1, 0.15) is 0 Å². The first-order valence-corrected chi connectivity index (χ1v) is 3.24. The lowest BCUT2D eigenvalue weighted by molar-refractivity contribution is 0.241. The molecule has 0 spiro atoms. The molecule has 0 aromatic heterocycles. The normalized spacial score (nSPS) is 30.0. The Labute approximate surface area is 64.2 Å². The van der Waals surface area contributed by atoms with Gasteiger partial charge in [-0.15, -0.1) is 0 Å². The van der Waals surface area contributed by atoms with Crippen LogP contribution in [0.3, 0.4) is 0 Å². The Bertz CT molecular complexity index is 213. The van der Waals surface area contributed by atoms with Crippen molar-refractivity contribution >= 4 is 7.12 Å². The Kier molecular flexibility index (Phi) is 2.13. The third-order valence-electron chi connectivity index (χ3n) is 1.50. The molecule has 1 rings (SSSR count). The summed E-state index contributed by atoms with van der Waals surface area (Å²) in [7, 11) is -1.54. The van der Waals surface area contributed by atoms with E-state index in [0.717, 1.165) is 6.08 Å². The summed E-state index contributed by atoms with van der Waals surface area (Å²) in [5, 5.41) is 17.2. The van der Waals surface area contributed by atoms with Crippen molar-refractivity contribution in [3.8, 4) is 0 Å². The third kappa shape index (κ3) is 2.15. The summed E-state index contributed by atoms with van der Waals surface area (Å²) in [5.41, 5.74) is 5.36. The van der Waals surface area contributed by atoms with Crippen molar-refractivity contribution < 1.29 is 14.4 Å². The minimum absolute atomic E-state index is 0.0174. The molecule has 0 heterocycles. The maximum atomic E-state index is 12.8. The van der Waals surface area contributed by atoms with Gasteiger partial charge in [0.05, 0.1) is 0 Å². The molecule has 11 heavy (non-hydrogen) atoms. The van der Waals surface area contributed by atoms with Crippen molar-refractivity contribution in [2.75, 3.05) is 0 Å². The Hall–Kier alpha value is -0.645. The van der Waals surface area contributed by atoms with Crippen molar-refractivity contribution in [3.63, 3.8) is 0 Å². The fraction of sp³-hybridized carbons (Fsp3) is 0.333. The van der Waals surface area contributed by atoms with Crippen LogP contribution in [-0.4, -0.2) is 23.0 Å². The van der Waals surface area contributed by atoms with Crippen molar-refractivity contribution in [2.24, 2.45) is 5.73 Å². The van der Waals surface area contributed by atoms with Gasteiger partial charge >= 0.3 is 7.12 Å². The van der Waals surface area contributed by atoms with E-state index in [4.69, 9.17) is 15.8 Å². The molecule has 1 atom stereocenters. The van der Waals surface area contributed by atoms with Crippen LogP contribution in [0.5, 0.6) is 0 Å². The van der Waals surface area contributed by atoms with Gasteiger partial charge in [-0.25, -0.2) is 4.39 Å². The molecule has 3 nitrogen and oxygen atoms in total. The Morgan fingerprint density at radius 2 is 2.27 bits per heavy atom. The number of hydrogen-bond donors (Lipinski definition) is 3. The van der Waals surface area contributed by atoms with E-state index in [9.17, 15) is 4.39 Å². The zero-order chi connectivity index (χ0) is 8.48. The lowest BCUT2D eigenvalue weighted by Crippen LogP contribution is -2.33. The van der Waals surface area contributed by atoms with Crippen LogP contribution in [0.1, 0.15) is 6.42 Å². The fourth-order valence-electron chi connectivity index (χ4n) is 0.837. The summed E-state index contributed by atoms with van der Waals surface area (Å²) in [4.78, 5) is 0. The minimum Gasteiger partial charge on any atom is -0.423 e. The van der Waals surface area contributed by atoms with Gasteiger partial charge in [0, 0.05) is 6.42 Å². The Balaban J connectivity index is 2.68. The minimum atomic E-state index is -1.83. The van der Waals surface area contributed by atoms with Crippen LogP contribution in [0.2, 0.25) is 0 Å². The number of halogens is 1. The summed E-state index contributed by atoms with van der Waals surface area (Å²) in [6, 6.07) is 0. The van der Waals surface area contributed by atoms with E-state index in [1.807, 2.05) is 0 Å². The first kappa shape index (κ1) is 8.45. The highest BCUT2D eigenvalue weighted by Gasteiger charge is 2.24. The zero-order valence-electron chi connectivity index (χ0n) is 5.87. The van der Waals surface area contributed by atoms with Gasteiger partial charge in [-0.2, -0.15) is 0 Å². The van der Waals surface area contributed by atoms with E-state index in [1.54, 1.807) is 0 Å². The molecule has 1 aliphatic carbocycles. The molecule has 0 saturated carbocycles. The summed E-state index contributed by atoms with van der Waals surface area (Å²) >= 11 is 0. The van der Waals surface area contributed by atoms with Crippen molar-refractivity contribution in [2.45, 2.75) is 12.2 Å². The molecular weight excluding hydrogens is 148 g/mol. The van der Waals surface area contributed by atoms with Gasteiger partial charge in [0.2, 0.25) is 0 Å². The van der Waals surface area contributed by atoms with Crippen LogP contribution in [0.25, 0.3) is 0 Å². The molecule has 0 aromatic carbocycles. The SMILES string of the molecule is NC1(F)C=CC(B(O)O)=CC1. The van der Waals surface area contributed by atoms with Gasteiger partial charge in [-0.3, -0.25) is 5.73 Å². The predicted molar refractivity (Wildman–Crippen MR) is 40.1 cm³/mol. The van der Waals surface area contributed by atoms with E-state index in [1.165, 1.54) is 12.2 Å². The Morgan fingerprint density at radius 3 is 2.64 bits per heavy atom. The predicted octanol–water partition coefficient (Wildman–Crippen LogP) is -0.491. The first-order chi connectivity index (χ1) is 5.01. The van der Waals surface area contributed by atoms with E-state index in [2.05, 4.69) is 0 Å². The highest BCUT2D eigenvalue weighted by molar-refractivity contribution is 6.51. The van der Waals surface area contributed by atoms with Crippen LogP contribution in [0.4, 0.5) is 4.39 Å². The topological polar surface area (TPSA) is 66.5 Å². The van der Waals surface area contributed by atoms with Crippen LogP contribution in [0, 0.1) is 0 Å². The standard InChI is InChI=1S/C6H9BFNO2/c8-6(9)3-1-5(2-4-6)7(10)11/h1-3,10-11H,4,9H2. The summed E-state index contributed by atoms with van der Waals surface area (Å²) in [5.74, 6) is -1.83. The lowest BCUT2D eigenvalue weighted by atomic mass is 9.76. The van der Waals surface area contributed by atoms with Crippen LogP contribution in [0.15, 0.2) is 23.7 Å². The quantitative estimate of drug-likeness (QED) is 0.355. The smallest absolute Gasteiger partial charge is 0.423 e. The molecule has 4 N–H and O–H groups in total. The first-order valence-electron chi connectivity index (χ1n) is 3.24. The highest BCUT2D eigenvalue weighted by Crippen LogP contribution is 2.19. The van der Waals surface area contributed by atoms with Crippen molar-refractivity contribution in [1.82, 2.24) is 0 Å². The van der Waals surface area contributed by atoms with E-state index in [0.29, 0.717) is 0 Å². The monoisotopic (exact) mass is 157 g/mol. The molecule has 60 valence electrons. The number of alkyl halides is 1. The van der Waals surface area contributed by atoms with Gasteiger partial charge in [-0.1, -0.05) is 12.2 Å². The number of nitrogens with two attached hydrogens (primary N) is 1. The van der Waals surface area contributed by atoms with Gasteiger partial charge in [-0.05, 0) is 11.5 Å². The lowest BCUT2D eigenvalue weighted by Gasteiger charge is -2.18. The highest BCUT2D eigenvalue weighted by atomic mass is 19.1. The third-order valence-corrected chi connectivity index (χ3v) is 1.50. The summed E-state index contributed by atoms with van der Waals surface area (Å²) in [6.07, 6.45) is 3.73. The largest absolute Gasteiger partial charge is 0.488 e. The number of rotatable bonds is 1. The second-order valence-electron chi connectivity index (χ2n) is 2.54. The summed E-state index contributed by atoms with van der Waals surface area (Å²) < 4.78 is 12.8. The average Bonchev–Trinajstić information content (AvgIpc) is 1.86. The molecule has 0 fully saturated rings. The molecule has 0 saturated heterocycles. The van der Waals surface area contributed by atoms with E-state index >= 15 is 0 Å². The number of hydrogen-bond acceptors (Lipinski definition) is 3. The molecule has 1 unspecified atom stereocenters. The van der Waals surface area contributed by atoms with Crippen LogP contribution in [-0.2, 0) is 0 Å². The van der Waals surface area contributed by atoms with Gasteiger partial charge in [0.25, 0.3) is 0 Å². The van der Waals surface area contributed by atoms with Crippen molar-refractivity contribution in [3.05, 3.63) is 23.7 Å². The van der Waals surface area contributed by atoms with E-state index < -0.39 is 12.9 Å². The maximum absolute atomic E-state index is 12.8. The second kappa shape index (κ2) is 2.77. The molecule has 0 bridgehead atoms. The molecule has 0 radical (unpaired) electrons. The van der Waals surface area contributed by atoms with Gasteiger partial charge < -0.3 is 10.0 Å². The van der Waals surface area contributed by atoms with Crippen molar-refractivity contribution in [1.29, 1.82) is 0 Å². The zero-order valence-corrected chi connectivity index (χ0v) is 5.87. The molecule has 5 heteroatoms. The Morgan fingerprint density at radius 1 is 1.64 bits per heavy atom. The second-order valence-corrected chi connectivity index (χ2v) is 2.54. The molecular formula is C6H9BFNO2. The van der Waals surface area contributed by atoms with E-state index in [-0.39, 0.29) is 11.9 Å². The maximum Gasteiger partial charge on any atom is 0.488 e. The fourth-order valence-corrected chi connectivity index (χ4v) is 0.837. The summed E-state index contributed by atoms with van der Waals surface area (Å²) in [6.45, 7) is 0. The van der Waals surface area contributed by atoms with Crippen LogP contribution < -0.4 is 5.73 Å².